The van der Waals surface area contributed by atoms with E-state index in [1.54, 1.807) is 6.42 Å². The van der Waals surface area contributed by atoms with Crippen molar-refractivity contribution in [3.05, 3.63) is 163 Å². The zero-order chi connectivity index (χ0) is 34.4. The van der Waals surface area contributed by atoms with Crippen molar-refractivity contribution in [3.63, 3.8) is 0 Å². The number of halogens is 4. The summed E-state index contributed by atoms with van der Waals surface area (Å²) in [6.07, 6.45) is 16.4. The van der Waals surface area contributed by atoms with E-state index in [2.05, 4.69) is 130 Å². The molecule has 0 saturated heterocycles. The van der Waals surface area contributed by atoms with Crippen LogP contribution in [0.3, 0.4) is 0 Å². The zero-order valence-electron chi connectivity index (χ0n) is 23.5. The van der Waals surface area contributed by atoms with Crippen LogP contribution in [0.5, 0.6) is 0 Å². The van der Waals surface area contributed by atoms with Crippen molar-refractivity contribution in [2.45, 2.75) is 6.92 Å². The van der Waals surface area contributed by atoms with Crippen LogP contribution in [0.2, 0.25) is 0 Å². The number of rotatable bonds is 3. The van der Waals surface area contributed by atoms with E-state index in [1.165, 1.54) is 15.9 Å². The molecule has 5 nitrogen and oxygen atoms in total. The van der Waals surface area contributed by atoms with Gasteiger partial charge < -0.3 is 17.3 Å². The minimum absolute atomic E-state index is 0. The van der Waals surface area contributed by atoms with Crippen LogP contribution >= 0.6 is 7.92 Å². The normalized spacial score (nSPS) is 9.04. The van der Waals surface area contributed by atoms with Gasteiger partial charge in [0.25, 0.3) is 0 Å². The number of hydrogen-bond acceptors (Lipinski definition) is 0. The van der Waals surface area contributed by atoms with Gasteiger partial charge in [0.1, 0.15) is 12.3 Å². The fraction of sp³-hybridized carbons (Fsp3) is 0.0312. The molecular weight excluding hydrogens is 737 g/mol. The van der Waals surface area contributed by atoms with Gasteiger partial charge in [0.15, 0.2) is 0 Å². The largest absolute Gasteiger partial charge is 0.0622 e. The number of hydrogen-bond donors (Lipinski definition) is 0. The third kappa shape index (κ3) is 41.2. The Labute approximate surface area is 290 Å². The molecule has 6 radical (unpaired) electrons. The second-order valence-electron chi connectivity index (χ2n) is 6.25. The molecule has 0 unspecified atom stereocenters. The first-order valence-corrected chi connectivity index (χ1v) is 12.5. The minimum Gasteiger partial charge on any atom is -0.0622 e. The standard InChI is InChI=1S/C18H15P.C5H5.C4H5.5CO.BF4.Co.Mo/c1-4-10-16(11-5-1)19(17-12-6-2-7-13-17)18-14-8-3-9-15-18;1-2-4-5-3-1;1-3-4-2;5*1-2;2-1(3,4)5;;/h1-15H;1-5H;1,4H,2H3;;;;;;;;/q;;+1;;;;;;-1;;. The molecule has 1 aliphatic rings. The average Bonchev–Trinajstić information content (AvgIpc) is 3.68. The second kappa shape index (κ2) is 48.1. The van der Waals surface area contributed by atoms with E-state index >= 15 is 0 Å². The van der Waals surface area contributed by atoms with Crippen LogP contribution in [-0.4, -0.2) is 7.25 Å². The smallest absolute Gasteiger partial charge is 0 e. The summed E-state index contributed by atoms with van der Waals surface area (Å²) in [6.45, 7) is 24.3. The zero-order valence-corrected chi connectivity index (χ0v) is 27.5. The fourth-order valence-electron chi connectivity index (χ4n) is 2.50. The predicted molar refractivity (Wildman–Crippen MR) is 155 cm³/mol. The summed E-state index contributed by atoms with van der Waals surface area (Å²) in [5.41, 5.74) is 0. The first kappa shape index (κ1) is 57.8. The van der Waals surface area contributed by atoms with Gasteiger partial charge in [-0.05, 0) is 55.9 Å². The summed E-state index contributed by atoms with van der Waals surface area (Å²) in [7, 11) is -6.45. The van der Waals surface area contributed by atoms with Crippen molar-refractivity contribution in [3.8, 4) is 12.3 Å². The first-order chi connectivity index (χ1) is 20.9. The van der Waals surface area contributed by atoms with Gasteiger partial charge in [-0.15, -0.1) is 0 Å². The third-order valence-corrected chi connectivity index (χ3v) is 6.21. The van der Waals surface area contributed by atoms with Gasteiger partial charge in [0, 0.05) is 44.8 Å². The van der Waals surface area contributed by atoms with Gasteiger partial charge >= 0.3 is 63.8 Å². The van der Waals surface area contributed by atoms with E-state index in [1.807, 2.05) is 39.0 Å². The van der Waals surface area contributed by atoms with Crippen LogP contribution in [0.1, 0.15) is 6.92 Å². The maximum absolute atomic E-state index is 9.75. The van der Waals surface area contributed by atoms with Gasteiger partial charge in [0.05, 0.1) is 6.42 Å². The SMILES string of the molecule is C#C[CH+]C.F[B-](F)(F)F.[C-]#[O+].[C-]#[O+].[C-]#[O+].[C-]#[O+].[C-]#[O+].[CH]1[CH][CH][CH][CH]1.[Co].[Mo].c1ccc(P(c2ccccc2)c2ccccc2)cc1. The van der Waals surface area contributed by atoms with Crippen molar-refractivity contribution in [2.75, 3.05) is 0 Å². The van der Waals surface area contributed by atoms with Gasteiger partial charge in [-0.1, -0.05) is 91.0 Å². The molecule has 1 fully saturated rings. The molecule has 0 spiro atoms. The molecule has 0 bridgehead atoms. The average molecular weight is 762 g/mol. The van der Waals surface area contributed by atoms with Crippen LogP contribution in [0, 0.1) is 84.1 Å². The molecule has 0 N–H and O–H groups in total. The third-order valence-electron chi connectivity index (χ3n) is 3.77. The summed E-state index contributed by atoms with van der Waals surface area (Å²) in [5.74, 6) is 2.31. The minimum atomic E-state index is -6.00. The monoisotopic (exact) mass is 764 g/mol. The Hall–Kier alpha value is -2.80. The Morgan fingerprint density at radius 1 is 0.556 bits per heavy atom. The Bertz CT molecular complexity index is 997. The summed E-state index contributed by atoms with van der Waals surface area (Å²) < 4.78 is 76.5. The molecular formula is C32H25BCoF4MoO5P. The molecule has 1 saturated carbocycles. The predicted octanol–water partition coefficient (Wildman–Crippen LogP) is 6.42. The van der Waals surface area contributed by atoms with E-state index < -0.39 is 15.2 Å². The van der Waals surface area contributed by atoms with Crippen molar-refractivity contribution in [2.24, 2.45) is 0 Å². The molecule has 0 aromatic heterocycles. The maximum Gasteiger partial charge on any atom is 0 e. The summed E-state index contributed by atoms with van der Waals surface area (Å²) in [5, 5.41) is 4.19. The molecule has 0 aliphatic heterocycles. The van der Waals surface area contributed by atoms with Crippen LogP contribution < -0.4 is 15.9 Å². The first-order valence-electron chi connectivity index (χ1n) is 11.1. The van der Waals surface area contributed by atoms with Crippen LogP contribution in [-0.2, 0) is 61.1 Å². The second-order valence-corrected chi connectivity index (χ2v) is 8.47. The fourth-order valence-corrected chi connectivity index (χ4v) is 4.80. The Morgan fingerprint density at radius 3 is 0.844 bits per heavy atom. The molecule has 3 aromatic rings. The van der Waals surface area contributed by atoms with Gasteiger partial charge in [0.2, 0.25) is 0 Å². The van der Waals surface area contributed by atoms with E-state index in [0.29, 0.717) is 0 Å². The maximum atomic E-state index is 9.75. The van der Waals surface area contributed by atoms with E-state index in [9.17, 15) is 17.3 Å². The van der Waals surface area contributed by atoms with Crippen molar-refractivity contribution in [1.82, 2.24) is 0 Å². The quantitative estimate of drug-likeness (QED) is 0.0736. The molecule has 3 aromatic carbocycles. The molecule has 0 atom stereocenters. The number of benzene rings is 3. The molecule has 13 heteroatoms. The van der Waals surface area contributed by atoms with Crippen LogP contribution in [0.4, 0.5) is 17.3 Å². The van der Waals surface area contributed by atoms with E-state index in [0.717, 1.165) is 0 Å². The molecule has 0 amide bonds. The summed E-state index contributed by atoms with van der Waals surface area (Å²) in [6, 6.07) is 32.3. The topological polar surface area (TPSA) is 99.5 Å². The molecule has 0 heterocycles. The van der Waals surface area contributed by atoms with E-state index in [4.69, 9.17) is 29.7 Å². The Morgan fingerprint density at radius 2 is 0.711 bits per heavy atom. The van der Waals surface area contributed by atoms with Gasteiger partial charge in [-0.2, -0.15) is 0 Å². The summed E-state index contributed by atoms with van der Waals surface area (Å²) in [4.78, 5) is 0. The van der Waals surface area contributed by atoms with Crippen molar-refractivity contribution < 1.29 is 78.4 Å². The summed E-state index contributed by atoms with van der Waals surface area (Å²) >= 11 is 0. The molecule has 234 valence electrons. The van der Waals surface area contributed by atoms with Crippen molar-refractivity contribution in [1.29, 1.82) is 0 Å². The van der Waals surface area contributed by atoms with E-state index in [-0.39, 0.29) is 37.8 Å². The Kier molecular flexibility index (Phi) is 61.8. The number of terminal acetylenes is 1. The molecule has 1 aliphatic carbocycles. The van der Waals surface area contributed by atoms with Gasteiger partial charge in [-0.25, -0.2) is 0 Å². The van der Waals surface area contributed by atoms with Crippen LogP contribution in [0.25, 0.3) is 0 Å². The van der Waals surface area contributed by atoms with Gasteiger partial charge in [-0.3, -0.25) is 0 Å². The Balaban J connectivity index is -0.0000000929. The molecule has 45 heavy (non-hydrogen) atoms. The van der Waals surface area contributed by atoms with Crippen LogP contribution in [0.15, 0.2) is 91.0 Å². The molecule has 4 rings (SSSR count). The van der Waals surface area contributed by atoms with Crippen molar-refractivity contribution >= 4 is 31.1 Å².